The minimum absolute atomic E-state index is 0.165. The average Bonchev–Trinajstić information content (AvgIpc) is 3.20. The lowest BCUT2D eigenvalue weighted by molar-refractivity contribution is -0.147. The molecule has 0 saturated carbocycles. The van der Waals surface area contributed by atoms with Crippen LogP contribution in [0.4, 0.5) is 0 Å². The number of hydrogen-bond acceptors (Lipinski definition) is 3. The van der Waals surface area contributed by atoms with Crippen LogP contribution in [0.2, 0.25) is 0 Å². The van der Waals surface area contributed by atoms with E-state index in [1.54, 1.807) is 0 Å². The molecule has 5 rings (SSSR count). The number of unbranched alkanes of at least 4 members (excludes halogenated alkanes) is 4. The smallest absolute Gasteiger partial charge is 0.227 e. The molecule has 52 heavy (non-hydrogen) atoms. The molecule has 5 heteroatoms. The van der Waals surface area contributed by atoms with Crippen molar-refractivity contribution in [2.45, 2.75) is 83.5 Å². The number of carbonyl (C=O) groups excluding carboxylic acids is 2. The van der Waals surface area contributed by atoms with Crippen molar-refractivity contribution >= 4 is 11.8 Å². The summed E-state index contributed by atoms with van der Waals surface area (Å²) in [6, 6.07) is 42.5. The highest BCUT2D eigenvalue weighted by Gasteiger charge is 2.39. The zero-order valence-electron chi connectivity index (χ0n) is 31.3. The molecule has 4 aromatic rings. The van der Waals surface area contributed by atoms with Crippen molar-refractivity contribution in [3.05, 3.63) is 144 Å². The predicted octanol–water partition coefficient (Wildman–Crippen LogP) is 8.96. The fourth-order valence-electron chi connectivity index (χ4n) is 7.65. The molecule has 276 valence electrons. The standard InChI is InChI=1S/C47H61N3O2/c51-46(49(35-17-13-29-40-21-5-1-6-22-40)36-18-14-30-41-23-7-2-8-24-41)44-33-34-48-39-45(44)47(52)50(37-19-15-31-42-25-9-3-10-26-42)38-20-16-32-43-27-11-4-12-28-43/h1-12,21-28,44-45,48H,13-20,29-39H2. The van der Waals surface area contributed by atoms with Gasteiger partial charge in [-0.2, -0.15) is 0 Å². The van der Waals surface area contributed by atoms with E-state index in [-0.39, 0.29) is 23.7 Å². The summed E-state index contributed by atoms with van der Waals surface area (Å²) in [5.74, 6) is -0.237. The van der Waals surface area contributed by atoms with E-state index in [1.165, 1.54) is 22.3 Å². The summed E-state index contributed by atoms with van der Waals surface area (Å²) in [4.78, 5) is 33.3. The first-order valence-corrected chi connectivity index (χ1v) is 20.1. The van der Waals surface area contributed by atoms with Gasteiger partial charge >= 0.3 is 0 Å². The molecule has 0 radical (unpaired) electrons. The number of rotatable bonds is 22. The fourth-order valence-corrected chi connectivity index (χ4v) is 7.65. The fraction of sp³-hybridized carbons (Fsp3) is 0.447. The second-order valence-corrected chi connectivity index (χ2v) is 14.6. The van der Waals surface area contributed by atoms with Crippen molar-refractivity contribution in [3.63, 3.8) is 0 Å². The molecule has 1 aliphatic heterocycles. The number of nitrogens with zero attached hydrogens (tertiary/aromatic N) is 2. The van der Waals surface area contributed by atoms with Gasteiger partial charge in [-0.05, 0) is 112 Å². The zero-order chi connectivity index (χ0) is 36.1. The van der Waals surface area contributed by atoms with Gasteiger partial charge in [0.15, 0.2) is 0 Å². The molecule has 0 bridgehead atoms. The van der Waals surface area contributed by atoms with Crippen LogP contribution < -0.4 is 5.32 Å². The minimum Gasteiger partial charge on any atom is -0.342 e. The Morgan fingerprint density at radius 1 is 0.442 bits per heavy atom. The molecular weight excluding hydrogens is 639 g/mol. The van der Waals surface area contributed by atoms with Crippen LogP contribution in [-0.4, -0.2) is 60.9 Å². The zero-order valence-corrected chi connectivity index (χ0v) is 31.3. The van der Waals surface area contributed by atoms with Crippen molar-refractivity contribution in [2.24, 2.45) is 11.8 Å². The number of carbonyl (C=O) groups is 2. The molecule has 1 aliphatic rings. The van der Waals surface area contributed by atoms with Gasteiger partial charge in [0.05, 0.1) is 11.8 Å². The molecule has 5 nitrogen and oxygen atoms in total. The van der Waals surface area contributed by atoms with E-state index in [1.807, 2.05) is 0 Å². The van der Waals surface area contributed by atoms with Crippen LogP contribution in [0.3, 0.4) is 0 Å². The van der Waals surface area contributed by atoms with Gasteiger partial charge in [0.2, 0.25) is 11.8 Å². The second kappa shape index (κ2) is 22.7. The largest absolute Gasteiger partial charge is 0.342 e. The highest BCUT2D eigenvalue weighted by molar-refractivity contribution is 5.88. The van der Waals surface area contributed by atoms with Crippen LogP contribution in [-0.2, 0) is 35.3 Å². The van der Waals surface area contributed by atoms with E-state index in [2.05, 4.69) is 136 Å². The molecule has 1 fully saturated rings. The van der Waals surface area contributed by atoms with Crippen LogP contribution in [0.1, 0.15) is 80.0 Å². The summed E-state index contributed by atoms with van der Waals surface area (Å²) in [6.07, 6.45) is 12.9. The van der Waals surface area contributed by atoms with Crippen LogP contribution in [0.15, 0.2) is 121 Å². The maximum atomic E-state index is 14.5. The van der Waals surface area contributed by atoms with Gasteiger partial charge in [-0.15, -0.1) is 0 Å². The number of amides is 2. The van der Waals surface area contributed by atoms with Gasteiger partial charge in [0.1, 0.15) is 0 Å². The monoisotopic (exact) mass is 699 g/mol. The Labute approximate surface area is 313 Å². The first kappa shape index (κ1) is 39.0. The third-order valence-electron chi connectivity index (χ3n) is 10.7. The highest BCUT2D eigenvalue weighted by atomic mass is 16.2. The van der Waals surface area contributed by atoms with Crippen molar-refractivity contribution < 1.29 is 9.59 Å². The molecule has 1 heterocycles. The Morgan fingerprint density at radius 2 is 0.750 bits per heavy atom. The van der Waals surface area contributed by atoms with Crippen LogP contribution in [0, 0.1) is 11.8 Å². The maximum absolute atomic E-state index is 14.5. The highest BCUT2D eigenvalue weighted by Crippen LogP contribution is 2.26. The Morgan fingerprint density at radius 3 is 1.08 bits per heavy atom. The van der Waals surface area contributed by atoms with E-state index >= 15 is 0 Å². The molecule has 0 spiro atoms. The molecule has 4 aromatic carbocycles. The molecule has 2 unspecified atom stereocenters. The lowest BCUT2D eigenvalue weighted by Gasteiger charge is -2.37. The van der Waals surface area contributed by atoms with E-state index in [9.17, 15) is 9.59 Å². The Hall–Kier alpha value is -4.22. The molecular formula is C47H61N3O2. The van der Waals surface area contributed by atoms with Gasteiger partial charge in [-0.3, -0.25) is 9.59 Å². The van der Waals surface area contributed by atoms with Gasteiger partial charge in [-0.25, -0.2) is 0 Å². The van der Waals surface area contributed by atoms with Gasteiger partial charge in [-0.1, -0.05) is 121 Å². The summed E-state index contributed by atoms with van der Waals surface area (Å²) in [7, 11) is 0. The van der Waals surface area contributed by atoms with Gasteiger partial charge in [0, 0.05) is 32.7 Å². The maximum Gasteiger partial charge on any atom is 0.227 e. The van der Waals surface area contributed by atoms with Gasteiger partial charge < -0.3 is 15.1 Å². The van der Waals surface area contributed by atoms with E-state index < -0.39 is 0 Å². The van der Waals surface area contributed by atoms with Gasteiger partial charge in [0.25, 0.3) is 0 Å². The van der Waals surface area contributed by atoms with Crippen molar-refractivity contribution in [3.8, 4) is 0 Å². The average molecular weight is 700 g/mol. The number of benzene rings is 4. The topological polar surface area (TPSA) is 52.7 Å². The van der Waals surface area contributed by atoms with Crippen LogP contribution >= 0.6 is 0 Å². The first-order valence-electron chi connectivity index (χ1n) is 20.1. The van der Waals surface area contributed by atoms with Crippen molar-refractivity contribution in [1.29, 1.82) is 0 Å². The summed E-state index contributed by atoms with van der Waals surface area (Å²) in [5, 5.41) is 3.49. The summed E-state index contributed by atoms with van der Waals surface area (Å²) >= 11 is 0. The molecule has 1 saturated heterocycles. The minimum atomic E-state index is -0.319. The van der Waals surface area contributed by atoms with E-state index in [4.69, 9.17) is 0 Å². The van der Waals surface area contributed by atoms with Crippen LogP contribution in [0.25, 0.3) is 0 Å². The molecule has 2 amide bonds. The molecule has 0 aromatic heterocycles. The summed E-state index contributed by atoms with van der Waals surface area (Å²) < 4.78 is 0. The number of nitrogens with one attached hydrogen (secondary N) is 1. The lowest BCUT2D eigenvalue weighted by atomic mass is 9.83. The second-order valence-electron chi connectivity index (χ2n) is 14.6. The SMILES string of the molecule is O=C(C1CCNCC1C(=O)N(CCCCc1ccccc1)CCCCc1ccccc1)N(CCCCc1ccccc1)CCCCc1ccccc1. The third kappa shape index (κ3) is 13.4. The molecule has 2 atom stereocenters. The Balaban J connectivity index is 1.22. The number of hydrogen-bond donors (Lipinski definition) is 1. The van der Waals surface area contributed by atoms with Crippen LogP contribution in [0.5, 0.6) is 0 Å². The number of aryl methyl sites for hydroxylation is 4. The summed E-state index contributed by atoms with van der Waals surface area (Å²) in [6.45, 7) is 4.36. The normalized spacial score (nSPS) is 15.6. The lowest BCUT2D eigenvalue weighted by Crippen LogP contribution is -2.52. The third-order valence-corrected chi connectivity index (χ3v) is 10.7. The molecule has 1 N–H and O–H groups in total. The first-order chi connectivity index (χ1) is 25.7. The Bertz CT molecular complexity index is 1330. The number of piperidine rings is 1. The van der Waals surface area contributed by atoms with E-state index in [0.29, 0.717) is 6.54 Å². The van der Waals surface area contributed by atoms with E-state index in [0.717, 1.165) is 116 Å². The van der Waals surface area contributed by atoms with Crippen molar-refractivity contribution in [1.82, 2.24) is 15.1 Å². The quantitative estimate of drug-likeness (QED) is 0.0834. The predicted molar refractivity (Wildman–Crippen MR) is 215 cm³/mol. The molecule has 0 aliphatic carbocycles. The summed E-state index contributed by atoms with van der Waals surface area (Å²) in [5.41, 5.74) is 5.38. The Kier molecular flexibility index (Phi) is 17.0. The van der Waals surface area contributed by atoms with Crippen molar-refractivity contribution in [2.75, 3.05) is 39.3 Å².